The summed E-state index contributed by atoms with van der Waals surface area (Å²) in [7, 11) is 0. The molecule has 0 aliphatic carbocycles. The van der Waals surface area contributed by atoms with Crippen molar-refractivity contribution < 1.29 is 4.79 Å². The van der Waals surface area contributed by atoms with Gasteiger partial charge in [-0.05, 0) is 5.56 Å². The van der Waals surface area contributed by atoms with Crippen molar-refractivity contribution in [3.63, 3.8) is 0 Å². The Kier molecular flexibility index (Phi) is 2.19. The van der Waals surface area contributed by atoms with E-state index in [4.69, 9.17) is 0 Å². The van der Waals surface area contributed by atoms with E-state index in [0.717, 1.165) is 16.7 Å². The zero-order valence-electron chi connectivity index (χ0n) is 6.81. The Morgan fingerprint density at radius 1 is 1.23 bits per heavy atom. The summed E-state index contributed by atoms with van der Waals surface area (Å²) in [5.74, 6) is 0. The molecule has 0 bridgehead atoms. The molecule has 0 radical (unpaired) electrons. The van der Waals surface area contributed by atoms with Crippen LogP contribution in [0.2, 0.25) is 0 Å². The van der Waals surface area contributed by atoms with Gasteiger partial charge < -0.3 is 0 Å². The van der Waals surface area contributed by atoms with Gasteiger partial charge in [0.15, 0.2) is 0 Å². The lowest BCUT2D eigenvalue weighted by molar-refractivity contribution is 0.112. The van der Waals surface area contributed by atoms with Crippen LogP contribution in [0.1, 0.15) is 10.4 Å². The second kappa shape index (κ2) is 3.49. The third-order valence-electron chi connectivity index (χ3n) is 1.76. The smallest absolute Gasteiger partial charge is 0.150 e. The molecule has 64 valence electrons. The van der Waals surface area contributed by atoms with Crippen molar-refractivity contribution in [3.05, 3.63) is 41.5 Å². The SMILES string of the molecule is O=Cc1ccc(-c2cncs2)cc1. The van der Waals surface area contributed by atoms with E-state index < -0.39 is 0 Å². The van der Waals surface area contributed by atoms with Crippen molar-refractivity contribution in [2.45, 2.75) is 0 Å². The highest BCUT2D eigenvalue weighted by Gasteiger charge is 1.98. The number of benzene rings is 1. The van der Waals surface area contributed by atoms with Gasteiger partial charge in [0.2, 0.25) is 0 Å². The van der Waals surface area contributed by atoms with Crippen LogP contribution in [-0.2, 0) is 0 Å². The molecule has 0 amide bonds. The maximum absolute atomic E-state index is 10.4. The highest BCUT2D eigenvalue weighted by atomic mass is 32.1. The molecule has 0 aliphatic heterocycles. The minimum atomic E-state index is 0.702. The molecular weight excluding hydrogens is 182 g/mol. The normalized spacial score (nSPS) is 9.85. The monoisotopic (exact) mass is 189 g/mol. The molecule has 2 aromatic rings. The van der Waals surface area contributed by atoms with Gasteiger partial charge >= 0.3 is 0 Å². The van der Waals surface area contributed by atoms with Gasteiger partial charge in [0.1, 0.15) is 6.29 Å². The lowest BCUT2D eigenvalue weighted by Crippen LogP contribution is -1.78. The average molecular weight is 189 g/mol. The zero-order chi connectivity index (χ0) is 9.10. The fraction of sp³-hybridized carbons (Fsp3) is 0. The second-order valence-corrected chi connectivity index (χ2v) is 3.49. The first-order valence-corrected chi connectivity index (χ1v) is 4.72. The topological polar surface area (TPSA) is 30.0 Å². The molecule has 1 aromatic heterocycles. The van der Waals surface area contributed by atoms with Gasteiger partial charge in [-0.15, -0.1) is 11.3 Å². The van der Waals surface area contributed by atoms with Gasteiger partial charge in [-0.25, -0.2) is 0 Å². The molecule has 0 fully saturated rings. The van der Waals surface area contributed by atoms with E-state index in [1.54, 1.807) is 16.8 Å². The number of aromatic nitrogens is 1. The molecule has 0 saturated carbocycles. The Hall–Kier alpha value is -1.48. The summed E-state index contributed by atoms with van der Waals surface area (Å²) in [6, 6.07) is 7.47. The van der Waals surface area contributed by atoms with Gasteiger partial charge in [-0.1, -0.05) is 24.3 Å². The van der Waals surface area contributed by atoms with Crippen LogP contribution >= 0.6 is 11.3 Å². The molecule has 0 spiro atoms. The third-order valence-corrected chi connectivity index (χ3v) is 2.59. The molecule has 0 N–H and O–H groups in total. The first kappa shape index (κ1) is 8.13. The van der Waals surface area contributed by atoms with Crippen molar-refractivity contribution in [1.29, 1.82) is 0 Å². The zero-order valence-corrected chi connectivity index (χ0v) is 7.62. The van der Waals surface area contributed by atoms with Crippen molar-refractivity contribution in [3.8, 4) is 10.4 Å². The highest BCUT2D eigenvalue weighted by molar-refractivity contribution is 7.13. The summed E-state index contributed by atoms with van der Waals surface area (Å²) in [5, 5.41) is 0. The third kappa shape index (κ3) is 1.65. The molecule has 0 unspecified atom stereocenters. The number of nitrogens with zero attached hydrogens (tertiary/aromatic N) is 1. The Balaban J connectivity index is 2.38. The summed E-state index contributed by atoms with van der Waals surface area (Å²) in [5.41, 5.74) is 3.60. The Morgan fingerprint density at radius 2 is 2.00 bits per heavy atom. The van der Waals surface area contributed by atoms with E-state index >= 15 is 0 Å². The van der Waals surface area contributed by atoms with Gasteiger partial charge in [-0.2, -0.15) is 0 Å². The summed E-state index contributed by atoms with van der Waals surface area (Å²) >= 11 is 1.59. The molecular formula is C10H7NOS. The van der Waals surface area contributed by atoms with E-state index in [2.05, 4.69) is 4.98 Å². The predicted octanol–water partition coefficient (Wildman–Crippen LogP) is 2.62. The van der Waals surface area contributed by atoms with Crippen LogP contribution in [0.15, 0.2) is 36.0 Å². The molecule has 13 heavy (non-hydrogen) atoms. The minimum absolute atomic E-state index is 0.702. The van der Waals surface area contributed by atoms with Crippen molar-refractivity contribution in [1.82, 2.24) is 4.98 Å². The highest BCUT2D eigenvalue weighted by Crippen LogP contribution is 2.22. The maximum Gasteiger partial charge on any atom is 0.150 e. The lowest BCUT2D eigenvalue weighted by Gasteiger charge is -1.95. The number of rotatable bonds is 2. The van der Waals surface area contributed by atoms with Crippen LogP contribution in [0.3, 0.4) is 0 Å². The van der Waals surface area contributed by atoms with E-state index in [9.17, 15) is 4.79 Å². The molecule has 3 heteroatoms. The summed E-state index contributed by atoms with van der Waals surface area (Å²) in [6.45, 7) is 0. The first-order valence-electron chi connectivity index (χ1n) is 3.84. The van der Waals surface area contributed by atoms with Crippen molar-refractivity contribution in [2.75, 3.05) is 0 Å². The van der Waals surface area contributed by atoms with Crippen molar-refractivity contribution in [2.24, 2.45) is 0 Å². The molecule has 2 rings (SSSR count). The number of hydrogen-bond donors (Lipinski definition) is 0. The second-order valence-electron chi connectivity index (χ2n) is 2.61. The fourth-order valence-electron chi connectivity index (χ4n) is 1.08. The lowest BCUT2D eigenvalue weighted by atomic mass is 10.1. The first-order chi connectivity index (χ1) is 6.40. The summed E-state index contributed by atoms with van der Waals surface area (Å²) in [4.78, 5) is 15.5. The maximum atomic E-state index is 10.4. The quantitative estimate of drug-likeness (QED) is 0.680. The Labute approximate surface area is 79.9 Å². The number of thiazole rings is 1. The Bertz CT molecular complexity index is 391. The Morgan fingerprint density at radius 3 is 2.54 bits per heavy atom. The van der Waals surface area contributed by atoms with Crippen LogP contribution in [0.5, 0.6) is 0 Å². The van der Waals surface area contributed by atoms with E-state index in [1.807, 2.05) is 30.5 Å². The largest absolute Gasteiger partial charge is 0.298 e. The molecule has 0 aliphatic rings. The number of hydrogen-bond acceptors (Lipinski definition) is 3. The number of aldehydes is 1. The standard InChI is InChI=1S/C10H7NOS/c12-6-8-1-3-9(4-2-8)10-5-11-7-13-10/h1-7H. The van der Waals surface area contributed by atoms with Gasteiger partial charge in [0.25, 0.3) is 0 Å². The molecule has 2 nitrogen and oxygen atoms in total. The summed E-state index contributed by atoms with van der Waals surface area (Å²) in [6.07, 6.45) is 2.66. The minimum Gasteiger partial charge on any atom is -0.298 e. The molecule has 1 heterocycles. The van der Waals surface area contributed by atoms with E-state index in [-0.39, 0.29) is 0 Å². The van der Waals surface area contributed by atoms with Gasteiger partial charge in [0, 0.05) is 11.8 Å². The summed E-state index contributed by atoms with van der Waals surface area (Å²) < 4.78 is 0. The molecule has 0 atom stereocenters. The van der Waals surface area contributed by atoms with Crippen molar-refractivity contribution >= 4 is 17.6 Å². The number of carbonyl (C=O) groups excluding carboxylic acids is 1. The van der Waals surface area contributed by atoms with Crippen LogP contribution in [0, 0.1) is 0 Å². The van der Waals surface area contributed by atoms with Crippen LogP contribution in [-0.4, -0.2) is 11.3 Å². The van der Waals surface area contributed by atoms with Gasteiger partial charge in [-0.3, -0.25) is 9.78 Å². The molecule has 1 aromatic carbocycles. The predicted molar refractivity (Wildman–Crippen MR) is 52.9 cm³/mol. The van der Waals surface area contributed by atoms with Crippen LogP contribution in [0.25, 0.3) is 10.4 Å². The van der Waals surface area contributed by atoms with E-state index in [0.29, 0.717) is 5.56 Å². The fourth-order valence-corrected chi connectivity index (χ4v) is 1.71. The van der Waals surface area contributed by atoms with Crippen LogP contribution in [0.4, 0.5) is 0 Å². The van der Waals surface area contributed by atoms with E-state index in [1.165, 1.54) is 0 Å². The van der Waals surface area contributed by atoms with Gasteiger partial charge in [0.05, 0.1) is 10.4 Å². The van der Waals surface area contributed by atoms with Crippen LogP contribution < -0.4 is 0 Å². The molecule has 0 saturated heterocycles. The average Bonchev–Trinajstić information content (AvgIpc) is 2.71. The number of carbonyl (C=O) groups is 1.